The van der Waals surface area contributed by atoms with E-state index in [0.717, 1.165) is 27.7 Å². The van der Waals surface area contributed by atoms with Gasteiger partial charge in [-0.05, 0) is 56.0 Å². The lowest BCUT2D eigenvalue weighted by atomic mass is 10.1. The van der Waals surface area contributed by atoms with E-state index >= 15 is 0 Å². The average molecular weight is 377 g/mol. The fraction of sp³-hybridized carbons (Fsp3) is 0.294. The van der Waals surface area contributed by atoms with Crippen LogP contribution >= 0.6 is 23.5 Å². The zero-order valence-corrected chi connectivity index (χ0v) is 16.2. The van der Waals surface area contributed by atoms with Gasteiger partial charge in [-0.2, -0.15) is 5.10 Å². The second-order valence-corrected chi connectivity index (χ2v) is 6.85. The summed E-state index contributed by atoms with van der Waals surface area (Å²) in [6.07, 6.45) is 1.92. The number of carbonyl (C=O) groups excluding carboxylic acids is 1. The summed E-state index contributed by atoms with van der Waals surface area (Å²) in [6, 6.07) is 9.36. The van der Waals surface area contributed by atoms with Gasteiger partial charge in [0.1, 0.15) is 10.8 Å². The highest BCUT2D eigenvalue weighted by molar-refractivity contribution is 8.00. The van der Waals surface area contributed by atoms with E-state index in [1.807, 2.05) is 50.4 Å². The highest BCUT2D eigenvalue weighted by Gasteiger charge is 2.06. The van der Waals surface area contributed by atoms with Gasteiger partial charge in [-0.15, -0.1) is 0 Å². The van der Waals surface area contributed by atoms with Crippen molar-refractivity contribution in [2.75, 3.05) is 19.1 Å². The first-order valence-electron chi connectivity index (χ1n) is 7.52. The van der Waals surface area contributed by atoms with Crippen molar-refractivity contribution in [3.05, 3.63) is 41.6 Å². The van der Waals surface area contributed by atoms with E-state index in [-0.39, 0.29) is 11.7 Å². The molecule has 0 aliphatic heterocycles. The number of carbonyl (C=O) groups is 1. The Kier molecular flexibility index (Phi) is 7.27. The molecule has 0 fully saturated rings. The third-order valence-electron chi connectivity index (χ3n) is 3.20. The van der Waals surface area contributed by atoms with E-state index < -0.39 is 0 Å². The van der Waals surface area contributed by atoms with Gasteiger partial charge in [0.25, 0.3) is 0 Å². The van der Waals surface area contributed by atoms with Crippen LogP contribution in [0.1, 0.15) is 18.2 Å². The Labute approximate surface area is 155 Å². The Balaban J connectivity index is 1.90. The number of nitrogens with one attached hydrogen (secondary N) is 1. The summed E-state index contributed by atoms with van der Waals surface area (Å²) in [5.74, 6) is 0.838. The van der Waals surface area contributed by atoms with Crippen LogP contribution in [0.15, 0.2) is 45.6 Å². The third-order valence-corrected chi connectivity index (χ3v) is 4.66. The first-order valence-corrected chi connectivity index (χ1v) is 9.73. The van der Waals surface area contributed by atoms with Gasteiger partial charge < -0.3 is 4.74 Å². The number of hydrazone groups is 1. The number of thioether (sulfide) groups is 2. The molecule has 1 N–H and O–H groups in total. The summed E-state index contributed by atoms with van der Waals surface area (Å²) in [6.45, 7) is 3.75. The largest absolute Gasteiger partial charge is 0.497 e. The number of nitrogens with zero attached hydrogens (tertiary/aromatic N) is 3. The SMILES string of the molecule is COc1ccc(/C(C)=N\NC(=O)CSc2cc(C)nc(SC)n2)cc1. The topological polar surface area (TPSA) is 76.5 Å². The molecule has 0 unspecified atom stereocenters. The second kappa shape index (κ2) is 9.43. The van der Waals surface area contributed by atoms with Crippen LogP contribution in [0.5, 0.6) is 5.75 Å². The third kappa shape index (κ3) is 6.06. The normalized spacial score (nSPS) is 11.3. The highest BCUT2D eigenvalue weighted by atomic mass is 32.2. The van der Waals surface area contributed by atoms with E-state index in [1.54, 1.807) is 7.11 Å². The van der Waals surface area contributed by atoms with Gasteiger partial charge in [0.05, 0.1) is 18.6 Å². The number of methoxy groups -OCH3 is 1. The smallest absolute Gasteiger partial charge is 0.250 e. The van der Waals surface area contributed by atoms with Crippen molar-refractivity contribution in [1.29, 1.82) is 0 Å². The van der Waals surface area contributed by atoms with Gasteiger partial charge in [-0.3, -0.25) is 4.79 Å². The van der Waals surface area contributed by atoms with E-state index in [4.69, 9.17) is 4.74 Å². The summed E-state index contributed by atoms with van der Waals surface area (Å²) in [5.41, 5.74) is 5.10. The molecule has 0 bridgehead atoms. The molecule has 25 heavy (non-hydrogen) atoms. The highest BCUT2D eigenvalue weighted by Crippen LogP contribution is 2.19. The molecule has 1 heterocycles. The van der Waals surface area contributed by atoms with Gasteiger partial charge in [0.15, 0.2) is 5.16 Å². The minimum Gasteiger partial charge on any atom is -0.497 e. The van der Waals surface area contributed by atoms with E-state index in [0.29, 0.717) is 5.16 Å². The maximum atomic E-state index is 12.0. The van der Waals surface area contributed by atoms with Crippen LogP contribution in [0.3, 0.4) is 0 Å². The van der Waals surface area contributed by atoms with E-state index in [2.05, 4.69) is 20.5 Å². The molecule has 8 heteroatoms. The van der Waals surface area contributed by atoms with Gasteiger partial charge in [-0.1, -0.05) is 23.5 Å². The lowest BCUT2D eigenvalue weighted by Gasteiger charge is -2.05. The van der Waals surface area contributed by atoms with Crippen LogP contribution < -0.4 is 10.2 Å². The van der Waals surface area contributed by atoms with E-state index in [9.17, 15) is 4.79 Å². The Morgan fingerprint density at radius 1 is 1.28 bits per heavy atom. The molecular formula is C17H20N4O2S2. The minimum atomic E-state index is -0.181. The number of aryl methyl sites for hydroxylation is 1. The van der Waals surface area contributed by atoms with Crippen molar-refractivity contribution in [1.82, 2.24) is 15.4 Å². The van der Waals surface area contributed by atoms with Crippen LogP contribution in [0.25, 0.3) is 0 Å². The molecule has 1 amide bonds. The summed E-state index contributed by atoms with van der Waals surface area (Å²) in [7, 11) is 1.62. The van der Waals surface area contributed by atoms with E-state index in [1.165, 1.54) is 23.5 Å². The lowest BCUT2D eigenvalue weighted by Crippen LogP contribution is -2.21. The molecule has 2 aromatic rings. The van der Waals surface area contributed by atoms with Crippen LogP contribution in [0.4, 0.5) is 0 Å². The number of aromatic nitrogens is 2. The number of benzene rings is 1. The number of rotatable bonds is 7. The van der Waals surface area contributed by atoms with Crippen molar-refractivity contribution in [2.24, 2.45) is 5.10 Å². The monoisotopic (exact) mass is 376 g/mol. The number of ether oxygens (including phenoxy) is 1. The van der Waals surface area contributed by atoms with Crippen LogP contribution in [0.2, 0.25) is 0 Å². The van der Waals surface area contributed by atoms with Crippen LogP contribution in [-0.2, 0) is 4.79 Å². The molecule has 0 radical (unpaired) electrons. The van der Waals surface area contributed by atoms with Crippen LogP contribution in [0, 0.1) is 6.92 Å². The standard InChI is InChI=1S/C17H20N4O2S2/c1-11-9-16(19-17(18-11)24-4)25-10-15(22)21-20-12(2)13-5-7-14(23-3)8-6-13/h5-9H,10H2,1-4H3,(H,21,22)/b20-12-. The Morgan fingerprint density at radius 3 is 2.64 bits per heavy atom. The molecule has 0 aliphatic rings. The van der Waals surface area contributed by atoms with Crippen molar-refractivity contribution in [3.63, 3.8) is 0 Å². The van der Waals surface area contributed by atoms with Gasteiger partial charge in [-0.25, -0.2) is 15.4 Å². The zero-order valence-electron chi connectivity index (χ0n) is 14.6. The van der Waals surface area contributed by atoms with Gasteiger partial charge >= 0.3 is 0 Å². The fourth-order valence-electron chi connectivity index (χ4n) is 1.89. The van der Waals surface area contributed by atoms with Crippen molar-refractivity contribution >= 4 is 35.1 Å². The molecule has 1 aromatic heterocycles. The van der Waals surface area contributed by atoms with Gasteiger partial charge in [0, 0.05) is 5.69 Å². The predicted molar refractivity (Wildman–Crippen MR) is 103 cm³/mol. The molecule has 0 spiro atoms. The maximum absolute atomic E-state index is 12.0. The molecular weight excluding hydrogens is 356 g/mol. The first kappa shape index (κ1) is 19.3. The lowest BCUT2D eigenvalue weighted by molar-refractivity contribution is -0.118. The van der Waals surface area contributed by atoms with Crippen LogP contribution in [-0.4, -0.2) is 40.7 Å². The van der Waals surface area contributed by atoms with Crippen molar-refractivity contribution in [3.8, 4) is 5.75 Å². The average Bonchev–Trinajstić information content (AvgIpc) is 2.64. The molecule has 1 aromatic carbocycles. The zero-order chi connectivity index (χ0) is 18.2. The van der Waals surface area contributed by atoms with Crippen molar-refractivity contribution < 1.29 is 9.53 Å². The Morgan fingerprint density at radius 2 is 2.00 bits per heavy atom. The molecule has 2 rings (SSSR count). The Bertz CT molecular complexity index is 764. The first-order chi connectivity index (χ1) is 12.0. The number of amides is 1. The molecule has 0 saturated heterocycles. The predicted octanol–water partition coefficient (Wildman–Crippen LogP) is 3.15. The fourth-order valence-corrected chi connectivity index (χ4v) is 3.12. The minimum absolute atomic E-state index is 0.181. The summed E-state index contributed by atoms with van der Waals surface area (Å²) >= 11 is 2.84. The Hall–Kier alpha value is -2.06. The molecule has 0 aliphatic carbocycles. The second-order valence-electron chi connectivity index (χ2n) is 5.08. The quantitative estimate of drug-likeness (QED) is 0.263. The molecule has 0 atom stereocenters. The summed E-state index contributed by atoms with van der Waals surface area (Å²) < 4.78 is 5.12. The molecule has 132 valence electrons. The van der Waals surface area contributed by atoms with Crippen molar-refractivity contribution in [2.45, 2.75) is 24.0 Å². The van der Waals surface area contributed by atoms with Gasteiger partial charge in [0.2, 0.25) is 5.91 Å². The molecule has 6 nitrogen and oxygen atoms in total. The number of hydrogen-bond acceptors (Lipinski definition) is 7. The molecule has 0 saturated carbocycles. The number of hydrogen-bond donors (Lipinski definition) is 1. The maximum Gasteiger partial charge on any atom is 0.250 e. The summed E-state index contributed by atoms with van der Waals surface area (Å²) in [5, 5.41) is 5.62. The summed E-state index contributed by atoms with van der Waals surface area (Å²) in [4.78, 5) is 20.6.